The second-order valence-corrected chi connectivity index (χ2v) is 10.5. The van der Waals surface area contributed by atoms with Crippen LogP contribution < -0.4 is 14.8 Å². The van der Waals surface area contributed by atoms with Gasteiger partial charge in [-0.2, -0.15) is 0 Å². The molecule has 4 aromatic rings. The van der Waals surface area contributed by atoms with Crippen LogP contribution in [0.5, 0.6) is 11.5 Å². The van der Waals surface area contributed by atoms with Gasteiger partial charge in [0.15, 0.2) is 18.1 Å². The number of nitrogens with one attached hydrogen (secondary N) is 1. The minimum absolute atomic E-state index is 0.191. The van der Waals surface area contributed by atoms with Crippen LogP contribution in [0.3, 0.4) is 0 Å². The monoisotopic (exact) mass is 572 g/mol. The molecule has 0 atom stereocenters. The number of hydrogen-bond acceptors (Lipinski definition) is 6. The summed E-state index contributed by atoms with van der Waals surface area (Å²) in [5, 5.41) is 5.03. The first-order chi connectivity index (χ1) is 19.3. The SMILES string of the molecule is COc1cc(/C=C2\SC(=O)N(Cc3cccc4ccccc34)C2=O)ccc1OCC(=O)Nc1ccc(C)c(Cl)c1. The van der Waals surface area contributed by atoms with Crippen LogP contribution in [-0.4, -0.2) is 35.7 Å². The lowest BCUT2D eigenvalue weighted by Gasteiger charge is -2.14. The number of benzene rings is 4. The Hall–Kier alpha value is -4.27. The van der Waals surface area contributed by atoms with Gasteiger partial charge in [0.2, 0.25) is 0 Å². The number of anilines is 1. The van der Waals surface area contributed by atoms with E-state index in [1.54, 1.807) is 36.4 Å². The predicted molar refractivity (Wildman–Crippen MR) is 159 cm³/mol. The highest BCUT2D eigenvalue weighted by Gasteiger charge is 2.35. The highest BCUT2D eigenvalue weighted by atomic mass is 35.5. The number of thioether (sulfide) groups is 1. The van der Waals surface area contributed by atoms with Gasteiger partial charge in [0.1, 0.15) is 0 Å². The van der Waals surface area contributed by atoms with Crippen molar-refractivity contribution in [2.45, 2.75) is 13.5 Å². The number of hydrogen-bond donors (Lipinski definition) is 1. The Kier molecular flexibility index (Phi) is 8.09. The molecule has 1 aliphatic heterocycles. The number of fused-ring (bicyclic) bond motifs is 1. The standard InChI is InChI=1S/C31H25ClN2O5S/c1-19-10-12-23(16-25(19)32)33-29(35)18-39-26-13-11-20(14-27(26)38-2)15-28-30(36)34(31(37)40-28)17-22-8-5-7-21-6-3-4-9-24(21)22/h3-16H,17-18H2,1-2H3,(H,33,35)/b28-15-. The molecule has 0 aromatic heterocycles. The van der Waals surface area contributed by atoms with Crippen molar-refractivity contribution in [1.29, 1.82) is 0 Å². The van der Waals surface area contributed by atoms with Crippen molar-refractivity contribution in [1.82, 2.24) is 4.90 Å². The van der Waals surface area contributed by atoms with Gasteiger partial charge in [-0.15, -0.1) is 0 Å². The predicted octanol–water partition coefficient (Wildman–Crippen LogP) is 7.06. The summed E-state index contributed by atoms with van der Waals surface area (Å²) in [6.07, 6.45) is 1.65. The summed E-state index contributed by atoms with van der Waals surface area (Å²) in [4.78, 5) is 39.9. The van der Waals surface area contributed by atoms with Gasteiger partial charge < -0.3 is 14.8 Å². The van der Waals surface area contributed by atoms with E-state index in [2.05, 4.69) is 5.32 Å². The van der Waals surface area contributed by atoms with Crippen molar-refractivity contribution >= 4 is 63.0 Å². The van der Waals surface area contributed by atoms with Crippen LogP contribution in [0.2, 0.25) is 5.02 Å². The third kappa shape index (κ3) is 5.98. The number of carbonyl (C=O) groups is 3. The number of carbonyl (C=O) groups excluding carboxylic acids is 3. The van der Waals surface area contributed by atoms with Crippen LogP contribution in [0.1, 0.15) is 16.7 Å². The van der Waals surface area contributed by atoms with Crippen molar-refractivity contribution in [3.05, 3.63) is 105 Å². The lowest BCUT2D eigenvalue weighted by molar-refractivity contribution is -0.123. The molecule has 3 amide bonds. The van der Waals surface area contributed by atoms with Crippen LogP contribution in [0.4, 0.5) is 10.5 Å². The Morgan fingerprint density at radius 1 is 1.00 bits per heavy atom. The van der Waals surface area contributed by atoms with E-state index in [0.29, 0.717) is 32.7 Å². The molecule has 0 aliphatic carbocycles. The molecule has 1 fully saturated rings. The number of imide groups is 1. The van der Waals surface area contributed by atoms with E-state index in [1.165, 1.54) is 12.0 Å². The number of methoxy groups -OCH3 is 1. The van der Waals surface area contributed by atoms with Gasteiger partial charge in [-0.1, -0.05) is 66.2 Å². The van der Waals surface area contributed by atoms with Gasteiger partial charge >= 0.3 is 0 Å². The molecule has 0 radical (unpaired) electrons. The number of ether oxygens (including phenoxy) is 2. The van der Waals surface area contributed by atoms with E-state index < -0.39 is 0 Å². The van der Waals surface area contributed by atoms with Gasteiger partial charge in [-0.05, 0) is 76.5 Å². The quantitative estimate of drug-likeness (QED) is 0.227. The van der Waals surface area contributed by atoms with E-state index in [0.717, 1.165) is 33.7 Å². The molecule has 0 bridgehead atoms. The summed E-state index contributed by atoms with van der Waals surface area (Å²) in [5.74, 6) is 0.0386. The minimum Gasteiger partial charge on any atom is -0.493 e. The fourth-order valence-electron chi connectivity index (χ4n) is 4.29. The third-order valence-electron chi connectivity index (χ3n) is 6.38. The Bertz CT molecular complexity index is 1660. The largest absolute Gasteiger partial charge is 0.493 e. The molecule has 7 nitrogen and oxygen atoms in total. The molecule has 4 aromatic carbocycles. The summed E-state index contributed by atoms with van der Waals surface area (Å²) in [6, 6.07) is 24.0. The smallest absolute Gasteiger partial charge is 0.293 e. The van der Waals surface area contributed by atoms with Crippen molar-refractivity contribution in [3.8, 4) is 11.5 Å². The van der Waals surface area contributed by atoms with Crippen LogP contribution in [-0.2, 0) is 16.1 Å². The zero-order valence-electron chi connectivity index (χ0n) is 21.8. The van der Waals surface area contributed by atoms with E-state index in [1.807, 2.05) is 55.5 Å². The van der Waals surface area contributed by atoms with Gasteiger partial charge in [0.25, 0.3) is 17.1 Å². The van der Waals surface area contributed by atoms with Crippen molar-refractivity contribution in [2.24, 2.45) is 0 Å². The summed E-state index contributed by atoms with van der Waals surface area (Å²) < 4.78 is 11.1. The molecule has 40 heavy (non-hydrogen) atoms. The second kappa shape index (κ2) is 11.9. The Morgan fingerprint density at radius 2 is 1.80 bits per heavy atom. The van der Waals surface area contributed by atoms with E-state index in [9.17, 15) is 14.4 Å². The first-order valence-corrected chi connectivity index (χ1v) is 13.6. The normalized spacial score (nSPS) is 14.2. The fraction of sp³-hybridized carbons (Fsp3) is 0.129. The van der Waals surface area contributed by atoms with Crippen molar-refractivity contribution in [3.63, 3.8) is 0 Å². The number of halogens is 1. The highest BCUT2D eigenvalue weighted by Crippen LogP contribution is 2.36. The molecule has 1 N–H and O–H groups in total. The third-order valence-corrected chi connectivity index (χ3v) is 7.70. The highest BCUT2D eigenvalue weighted by molar-refractivity contribution is 8.18. The Balaban J connectivity index is 1.26. The Labute approximate surface area is 240 Å². The van der Waals surface area contributed by atoms with Crippen LogP contribution in [0.15, 0.2) is 83.8 Å². The van der Waals surface area contributed by atoms with Crippen LogP contribution in [0, 0.1) is 6.92 Å². The van der Waals surface area contributed by atoms with Crippen LogP contribution in [0.25, 0.3) is 16.8 Å². The average Bonchev–Trinajstić information content (AvgIpc) is 3.21. The molecule has 9 heteroatoms. The second-order valence-electron chi connectivity index (χ2n) is 9.12. The van der Waals surface area contributed by atoms with Gasteiger partial charge in [-0.25, -0.2) is 0 Å². The molecular weight excluding hydrogens is 548 g/mol. The summed E-state index contributed by atoms with van der Waals surface area (Å²) in [6.45, 7) is 1.83. The number of aryl methyl sites for hydroxylation is 1. The van der Waals surface area contributed by atoms with Crippen LogP contribution >= 0.6 is 23.4 Å². The average molecular weight is 573 g/mol. The molecule has 5 rings (SSSR count). The summed E-state index contributed by atoms with van der Waals surface area (Å²) in [5.41, 5.74) is 3.04. The molecular formula is C31H25ClN2O5S. The molecule has 1 saturated heterocycles. The zero-order valence-corrected chi connectivity index (χ0v) is 23.3. The number of rotatable bonds is 8. The van der Waals surface area contributed by atoms with Gasteiger partial charge in [-0.3, -0.25) is 19.3 Å². The zero-order chi connectivity index (χ0) is 28.2. The molecule has 1 aliphatic rings. The molecule has 0 unspecified atom stereocenters. The molecule has 1 heterocycles. The maximum absolute atomic E-state index is 13.2. The first-order valence-electron chi connectivity index (χ1n) is 12.4. The minimum atomic E-state index is -0.356. The lowest BCUT2D eigenvalue weighted by atomic mass is 10.0. The van der Waals surface area contributed by atoms with E-state index >= 15 is 0 Å². The van der Waals surface area contributed by atoms with Gasteiger partial charge in [0, 0.05) is 10.7 Å². The van der Waals surface area contributed by atoms with E-state index in [-0.39, 0.29) is 30.2 Å². The molecule has 202 valence electrons. The Morgan fingerprint density at radius 3 is 2.60 bits per heavy atom. The summed E-state index contributed by atoms with van der Waals surface area (Å²) in [7, 11) is 1.48. The number of amides is 3. The number of nitrogens with zero attached hydrogens (tertiary/aromatic N) is 1. The van der Waals surface area contributed by atoms with Crippen molar-refractivity contribution < 1.29 is 23.9 Å². The summed E-state index contributed by atoms with van der Waals surface area (Å²) >= 11 is 7.02. The maximum Gasteiger partial charge on any atom is 0.293 e. The molecule has 0 spiro atoms. The van der Waals surface area contributed by atoms with E-state index in [4.69, 9.17) is 21.1 Å². The topological polar surface area (TPSA) is 84.9 Å². The van der Waals surface area contributed by atoms with Crippen molar-refractivity contribution in [2.75, 3.05) is 19.0 Å². The molecule has 0 saturated carbocycles. The fourth-order valence-corrected chi connectivity index (χ4v) is 5.31. The first kappa shape index (κ1) is 27.3. The maximum atomic E-state index is 13.2. The lowest BCUT2D eigenvalue weighted by Crippen LogP contribution is -2.27. The van der Waals surface area contributed by atoms with Gasteiger partial charge in [0.05, 0.1) is 18.6 Å².